The van der Waals surface area contributed by atoms with Crippen molar-refractivity contribution in [1.82, 2.24) is 0 Å². The van der Waals surface area contributed by atoms with Crippen LogP contribution in [0.15, 0.2) is 39.5 Å². The molecule has 0 radical (unpaired) electrons. The van der Waals surface area contributed by atoms with E-state index in [0.29, 0.717) is 17.8 Å². The number of β-amino-alcohol motifs (C(OH)–C–C–N with tert-alkyl or cyclic N) is 1. The summed E-state index contributed by atoms with van der Waals surface area (Å²) in [5, 5.41) is 40.0. The van der Waals surface area contributed by atoms with Crippen LogP contribution in [0.1, 0.15) is 18.4 Å². The zero-order valence-corrected chi connectivity index (χ0v) is 15.3. The van der Waals surface area contributed by atoms with Gasteiger partial charge in [-0.2, -0.15) is 0 Å². The summed E-state index contributed by atoms with van der Waals surface area (Å²) in [7, 11) is 0. The number of rotatable bonds is 2. The fourth-order valence-electron chi connectivity index (χ4n) is 3.68. The fourth-order valence-corrected chi connectivity index (χ4v) is 3.68. The van der Waals surface area contributed by atoms with E-state index in [2.05, 4.69) is 0 Å². The number of fused-ring (bicyclic) bond motifs is 1. The van der Waals surface area contributed by atoms with Gasteiger partial charge in [0, 0.05) is 18.7 Å². The maximum atomic E-state index is 12.8. The lowest BCUT2D eigenvalue weighted by Gasteiger charge is -2.32. The van der Waals surface area contributed by atoms with Gasteiger partial charge in [-0.1, -0.05) is 0 Å². The highest BCUT2D eigenvalue weighted by Gasteiger charge is 2.24. The van der Waals surface area contributed by atoms with Crippen molar-refractivity contribution in [3.8, 4) is 28.6 Å². The van der Waals surface area contributed by atoms with Crippen LogP contribution in [0.4, 0.5) is 5.69 Å². The van der Waals surface area contributed by atoms with Gasteiger partial charge in [0.15, 0.2) is 22.8 Å². The first-order valence-corrected chi connectivity index (χ1v) is 9.11. The number of anilines is 1. The van der Waals surface area contributed by atoms with Crippen LogP contribution in [0.25, 0.3) is 22.3 Å². The Hall–Kier alpha value is -3.19. The van der Waals surface area contributed by atoms with Gasteiger partial charge < -0.3 is 29.7 Å². The Kier molecular flexibility index (Phi) is 4.39. The SMILES string of the molecule is Cc1cc(N2CCCC(O)C2)c2oc(-c3ccc(O)c(O)c3)c(O)c(=O)c2c1. The summed E-state index contributed by atoms with van der Waals surface area (Å²) in [4.78, 5) is 14.8. The number of nitrogens with zero attached hydrogens (tertiary/aromatic N) is 1. The number of aryl methyl sites for hydroxylation is 1. The molecule has 28 heavy (non-hydrogen) atoms. The molecule has 0 aliphatic carbocycles. The smallest absolute Gasteiger partial charge is 0.235 e. The molecule has 1 aliphatic rings. The first-order chi connectivity index (χ1) is 13.3. The number of benzene rings is 2. The number of phenolic OH excluding ortho intramolecular Hbond substituents is 2. The number of hydrogen-bond donors (Lipinski definition) is 4. The van der Waals surface area contributed by atoms with Crippen molar-refractivity contribution in [2.75, 3.05) is 18.0 Å². The van der Waals surface area contributed by atoms with Crippen molar-refractivity contribution >= 4 is 16.7 Å². The molecule has 4 N–H and O–H groups in total. The number of aliphatic hydroxyl groups is 1. The van der Waals surface area contributed by atoms with Crippen molar-refractivity contribution in [3.05, 3.63) is 46.1 Å². The molecular formula is C21H21NO6. The zero-order chi connectivity index (χ0) is 20.0. The molecule has 1 aromatic heterocycles. The van der Waals surface area contributed by atoms with Crippen LogP contribution in [0.3, 0.4) is 0 Å². The van der Waals surface area contributed by atoms with Crippen LogP contribution in [0.5, 0.6) is 17.2 Å². The van der Waals surface area contributed by atoms with Gasteiger partial charge in [-0.3, -0.25) is 4.79 Å². The molecule has 3 aromatic rings. The average Bonchev–Trinajstić information content (AvgIpc) is 2.67. The van der Waals surface area contributed by atoms with Gasteiger partial charge in [-0.05, 0) is 55.7 Å². The number of aliphatic hydroxyl groups excluding tert-OH is 1. The molecule has 2 aromatic carbocycles. The van der Waals surface area contributed by atoms with E-state index in [9.17, 15) is 25.2 Å². The highest BCUT2D eigenvalue weighted by atomic mass is 16.4. The lowest BCUT2D eigenvalue weighted by atomic mass is 10.0. The zero-order valence-electron chi connectivity index (χ0n) is 15.3. The minimum absolute atomic E-state index is 0.0875. The third kappa shape index (κ3) is 3.03. The molecule has 0 bridgehead atoms. The number of piperidine rings is 1. The van der Waals surface area contributed by atoms with E-state index in [-0.39, 0.29) is 28.2 Å². The lowest BCUT2D eigenvalue weighted by molar-refractivity contribution is 0.154. The molecule has 1 atom stereocenters. The van der Waals surface area contributed by atoms with E-state index in [1.54, 1.807) is 6.07 Å². The van der Waals surface area contributed by atoms with Gasteiger partial charge in [0.05, 0.1) is 17.2 Å². The second-order valence-electron chi connectivity index (χ2n) is 7.22. The Labute approximate surface area is 160 Å². The van der Waals surface area contributed by atoms with E-state index in [4.69, 9.17) is 4.42 Å². The van der Waals surface area contributed by atoms with Crippen molar-refractivity contribution in [1.29, 1.82) is 0 Å². The number of hydrogen-bond acceptors (Lipinski definition) is 7. The monoisotopic (exact) mass is 383 g/mol. The molecule has 0 saturated carbocycles. The predicted molar refractivity (Wildman–Crippen MR) is 105 cm³/mol. The molecule has 7 nitrogen and oxygen atoms in total. The maximum absolute atomic E-state index is 12.8. The van der Waals surface area contributed by atoms with Crippen molar-refractivity contribution < 1.29 is 24.8 Å². The fraction of sp³-hybridized carbons (Fsp3) is 0.286. The highest BCUT2D eigenvalue weighted by molar-refractivity contribution is 5.92. The quantitative estimate of drug-likeness (QED) is 0.503. The molecule has 1 fully saturated rings. The summed E-state index contributed by atoms with van der Waals surface area (Å²) >= 11 is 0. The summed E-state index contributed by atoms with van der Waals surface area (Å²) in [6.45, 7) is 3.00. The molecule has 0 amide bonds. The van der Waals surface area contributed by atoms with Gasteiger partial charge >= 0.3 is 0 Å². The topological polar surface area (TPSA) is 114 Å². The second-order valence-corrected chi connectivity index (χ2v) is 7.22. The minimum atomic E-state index is -0.577. The number of phenols is 2. The van der Waals surface area contributed by atoms with E-state index in [1.165, 1.54) is 18.2 Å². The van der Waals surface area contributed by atoms with Gasteiger partial charge in [0.2, 0.25) is 11.2 Å². The molecule has 1 saturated heterocycles. The van der Waals surface area contributed by atoms with E-state index in [1.807, 2.05) is 17.9 Å². The molecular weight excluding hydrogens is 362 g/mol. The molecule has 146 valence electrons. The second kappa shape index (κ2) is 6.76. The minimum Gasteiger partial charge on any atom is -0.504 e. The van der Waals surface area contributed by atoms with Crippen LogP contribution in [0.2, 0.25) is 0 Å². The molecule has 7 heteroatoms. The molecule has 2 heterocycles. The van der Waals surface area contributed by atoms with Gasteiger partial charge in [-0.25, -0.2) is 0 Å². The Balaban J connectivity index is 1.97. The van der Waals surface area contributed by atoms with E-state index < -0.39 is 17.3 Å². The van der Waals surface area contributed by atoms with Crippen molar-refractivity contribution in [3.63, 3.8) is 0 Å². The Morgan fingerprint density at radius 1 is 1.11 bits per heavy atom. The Bertz CT molecular complexity index is 1120. The summed E-state index contributed by atoms with van der Waals surface area (Å²) < 4.78 is 5.96. The first-order valence-electron chi connectivity index (χ1n) is 9.11. The molecule has 4 rings (SSSR count). The Morgan fingerprint density at radius 3 is 2.61 bits per heavy atom. The number of aromatic hydroxyl groups is 3. The van der Waals surface area contributed by atoms with E-state index >= 15 is 0 Å². The van der Waals surface area contributed by atoms with Gasteiger partial charge in [-0.15, -0.1) is 0 Å². The lowest BCUT2D eigenvalue weighted by Crippen LogP contribution is -2.38. The van der Waals surface area contributed by atoms with Crippen LogP contribution >= 0.6 is 0 Å². The summed E-state index contributed by atoms with van der Waals surface area (Å²) in [6, 6.07) is 7.46. The summed E-state index contributed by atoms with van der Waals surface area (Å²) in [6.07, 6.45) is 1.09. The normalized spacial score (nSPS) is 17.2. The molecule has 0 spiro atoms. The van der Waals surface area contributed by atoms with Crippen LogP contribution in [-0.2, 0) is 0 Å². The van der Waals surface area contributed by atoms with Gasteiger partial charge in [0.1, 0.15) is 0 Å². The molecule has 1 aliphatic heterocycles. The molecule has 1 unspecified atom stereocenters. The maximum Gasteiger partial charge on any atom is 0.235 e. The summed E-state index contributed by atoms with van der Waals surface area (Å²) in [5.41, 5.74) is 1.51. The first kappa shape index (κ1) is 18.2. The van der Waals surface area contributed by atoms with Crippen LogP contribution in [0, 0.1) is 6.92 Å². The third-order valence-electron chi connectivity index (χ3n) is 5.07. The van der Waals surface area contributed by atoms with Gasteiger partial charge in [0.25, 0.3) is 0 Å². The average molecular weight is 383 g/mol. The predicted octanol–water partition coefficient (Wildman–Crippen LogP) is 2.85. The standard InChI is InChI=1S/C21H21NO6/c1-11-7-14-18(26)19(27)20(12-4-5-16(24)17(25)9-12)28-21(14)15(8-11)22-6-2-3-13(23)10-22/h4-5,7-9,13,23-25,27H,2-3,6,10H2,1H3. The van der Waals surface area contributed by atoms with Crippen molar-refractivity contribution in [2.24, 2.45) is 0 Å². The summed E-state index contributed by atoms with van der Waals surface area (Å²) in [5.74, 6) is -1.35. The van der Waals surface area contributed by atoms with Crippen molar-refractivity contribution in [2.45, 2.75) is 25.9 Å². The van der Waals surface area contributed by atoms with Crippen LogP contribution in [-0.4, -0.2) is 39.6 Å². The van der Waals surface area contributed by atoms with Crippen LogP contribution < -0.4 is 10.3 Å². The largest absolute Gasteiger partial charge is 0.504 e. The Morgan fingerprint density at radius 2 is 1.89 bits per heavy atom. The van der Waals surface area contributed by atoms with E-state index in [0.717, 1.165) is 24.9 Å². The third-order valence-corrected chi connectivity index (χ3v) is 5.07. The highest BCUT2D eigenvalue weighted by Crippen LogP contribution is 2.38.